The molecule has 11 atom stereocenters. The molecule has 36 nitrogen and oxygen atoms in total. The summed E-state index contributed by atoms with van der Waals surface area (Å²) in [7, 11) is 0. The van der Waals surface area contributed by atoms with Crippen molar-refractivity contribution in [2.75, 3.05) is 52.4 Å². The molecule has 548 valence electrons. The number of primary amides is 1. The number of rotatable bonds is 45. The molecular formula is C63H102N22O14. The number of guanidine groups is 2. The number of hydrogen-bond acceptors (Lipinski definition) is 19. The van der Waals surface area contributed by atoms with E-state index >= 15 is 0 Å². The van der Waals surface area contributed by atoms with Gasteiger partial charge in [0.05, 0.1) is 31.8 Å². The Balaban J connectivity index is 1.69. The highest BCUT2D eigenvalue weighted by molar-refractivity contribution is 5.99. The van der Waals surface area contributed by atoms with Crippen LogP contribution in [0.2, 0.25) is 0 Å². The monoisotopic (exact) mass is 1390 g/mol. The maximum Gasteiger partial charge on any atom is 0.245 e. The summed E-state index contributed by atoms with van der Waals surface area (Å²) in [5, 5.41) is 38.2. The van der Waals surface area contributed by atoms with Gasteiger partial charge in [-0.1, -0.05) is 60.7 Å². The van der Waals surface area contributed by atoms with Crippen molar-refractivity contribution in [3.8, 4) is 0 Å². The van der Waals surface area contributed by atoms with Gasteiger partial charge in [0.2, 0.25) is 76.8 Å². The van der Waals surface area contributed by atoms with Crippen LogP contribution in [0.1, 0.15) is 109 Å². The lowest BCUT2D eigenvalue weighted by molar-refractivity contribution is -0.142. The number of aliphatic imine (C=N–C) groups is 2. The summed E-state index contributed by atoms with van der Waals surface area (Å²) in [6.07, 6.45) is 1.35. The fourth-order valence-corrected chi connectivity index (χ4v) is 10.2. The first-order valence-electron chi connectivity index (χ1n) is 32.9. The van der Waals surface area contributed by atoms with E-state index in [0.29, 0.717) is 44.2 Å². The maximum atomic E-state index is 14.6. The molecule has 0 bridgehead atoms. The average molecular weight is 1390 g/mol. The molecule has 0 unspecified atom stereocenters. The van der Waals surface area contributed by atoms with Gasteiger partial charge in [-0.05, 0) is 128 Å². The minimum absolute atomic E-state index is 0.0125. The lowest BCUT2D eigenvalue weighted by Crippen LogP contribution is -2.59. The molecule has 3 rings (SSSR count). The Bertz CT molecular complexity index is 3060. The third-order valence-electron chi connectivity index (χ3n) is 15.6. The van der Waals surface area contributed by atoms with E-state index in [9.17, 15) is 67.4 Å². The van der Waals surface area contributed by atoms with Gasteiger partial charge in [-0.15, -0.1) is 0 Å². The number of carbonyl (C=O) groups is 13. The van der Waals surface area contributed by atoms with Crippen LogP contribution in [0.25, 0.3) is 0 Å². The minimum atomic E-state index is -1.71. The predicted octanol–water partition coefficient (Wildman–Crippen LogP) is -7.71. The molecule has 2 aromatic carbocycles. The topological polar surface area (TPSA) is 611 Å². The third kappa shape index (κ3) is 31.8. The van der Waals surface area contributed by atoms with Crippen LogP contribution in [0.3, 0.4) is 0 Å². The van der Waals surface area contributed by atoms with Gasteiger partial charge in [0.1, 0.15) is 54.4 Å². The van der Waals surface area contributed by atoms with Crippen LogP contribution in [0.15, 0.2) is 70.6 Å². The number of nitrogens with one attached hydrogen (secondary N) is 11. The Morgan fingerprint density at radius 2 is 0.929 bits per heavy atom. The summed E-state index contributed by atoms with van der Waals surface area (Å²) in [5.74, 6) is -11.0. The largest absolute Gasteiger partial charge is 0.391 e. The second-order valence-corrected chi connectivity index (χ2v) is 23.9. The number of likely N-dealkylation sites (tertiary alicyclic amines) is 1. The van der Waals surface area contributed by atoms with Gasteiger partial charge < -0.3 is 114 Å². The first-order valence-corrected chi connectivity index (χ1v) is 32.9. The van der Waals surface area contributed by atoms with E-state index in [-0.39, 0.29) is 95.9 Å². The molecule has 28 N–H and O–H groups in total. The van der Waals surface area contributed by atoms with Crippen molar-refractivity contribution in [2.24, 2.45) is 55.9 Å². The molecule has 2 aromatic rings. The SMILES string of the molecule is C[C@H](NC(=O)CNC(=O)[C@@H](NC(=O)[C@H](Cc1ccccc1)NC(=O)CNC(=O)CNC(=O)[C@@H](N)Cc1ccccc1)[C@@H](C)O)C(=O)N[C@@H](CCCN=C(N)N)C(=O)N[C@@H](CCCCN)C(=O)N1CCC[C@@H]1C(=O)N[C@@H](C)C(=O)N[C@@H](CCCN=C(N)N)C(=O)N[C@@H](CCCCN)C(N)=O. The number of nitrogens with two attached hydrogens (primary N) is 8. The highest BCUT2D eigenvalue weighted by atomic mass is 16.3. The van der Waals surface area contributed by atoms with Crippen molar-refractivity contribution in [1.82, 2.24) is 63.4 Å². The van der Waals surface area contributed by atoms with E-state index in [1.54, 1.807) is 54.6 Å². The standard InChI is InChI=1S/C63H102N22O14/c1-36(77-49(88)35-76-60(98)51(38(3)86)84-58(96)46(32-40-19-8-5-9-20-40)79-50(89)34-74-48(87)33-75-55(93)41(66)31-39-17-6-4-7-18-39)53(91)81-44(24-15-29-73-63(70)71)57(95)83-45(22-11-13-27-65)61(99)85-30-16-25-47(85)59(97)78-37(2)54(92)82-43(23-14-28-72-62(68)69)56(94)80-42(52(67)90)21-10-12-26-64/h4-9,17-20,36-38,41-47,51,86H,10-16,21-35,64-66H2,1-3H3,(H2,67,90)(H,74,87)(H,75,93)(H,76,98)(H,77,88)(H,78,97)(H,79,89)(H,80,94)(H,81,91)(H,82,92)(H,83,95)(H,84,96)(H4,68,69,72)(H4,70,71,73)/t36-,37-,38+,41-,42-,43-,44-,45-,46-,47+,51-/m0/s1. The average Bonchev–Trinajstić information content (AvgIpc) is 1.76. The fourth-order valence-electron chi connectivity index (χ4n) is 10.2. The van der Waals surface area contributed by atoms with Gasteiger partial charge in [-0.25, -0.2) is 0 Å². The zero-order chi connectivity index (χ0) is 73.6. The van der Waals surface area contributed by atoms with E-state index < -0.39 is 163 Å². The maximum absolute atomic E-state index is 14.6. The number of aliphatic hydroxyl groups is 1. The van der Waals surface area contributed by atoms with Crippen LogP contribution < -0.4 is 104 Å². The molecule has 0 spiro atoms. The van der Waals surface area contributed by atoms with Crippen molar-refractivity contribution in [2.45, 2.75) is 177 Å². The van der Waals surface area contributed by atoms with Gasteiger partial charge in [0.15, 0.2) is 11.9 Å². The van der Waals surface area contributed by atoms with Gasteiger partial charge in [0.25, 0.3) is 0 Å². The van der Waals surface area contributed by atoms with E-state index in [1.165, 1.54) is 25.7 Å². The van der Waals surface area contributed by atoms with Gasteiger partial charge >= 0.3 is 0 Å². The first-order chi connectivity index (χ1) is 47.0. The number of carbonyl (C=O) groups excluding carboxylic acids is 13. The molecule has 0 aromatic heterocycles. The Hall–Kier alpha value is -10.1. The zero-order valence-corrected chi connectivity index (χ0v) is 56.4. The molecule has 1 aliphatic heterocycles. The molecule has 0 saturated carbocycles. The highest BCUT2D eigenvalue weighted by Crippen LogP contribution is 2.21. The van der Waals surface area contributed by atoms with Crippen LogP contribution >= 0.6 is 0 Å². The predicted molar refractivity (Wildman–Crippen MR) is 365 cm³/mol. The molecule has 1 aliphatic rings. The van der Waals surface area contributed by atoms with Crippen LogP contribution in [0.5, 0.6) is 0 Å². The summed E-state index contributed by atoms with van der Waals surface area (Å²) in [6.45, 7) is 2.67. The van der Waals surface area contributed by atoms with Crippen molar-refractivity contribution in [1.29, 1.82) is 0 Å². The summed E-state index contributed by atoms with van der Waals surface area (Å²) in [4.78, 5) is 184. The molecule has 1 heterocycles. The smallest absolute Gasteiger partial charge is 0.245 e. The normalized spacial score (nSPS) is 15.5. The molecule has 99 heavy (non-hydrogen) atoms. The van der Waals surface area contributed by atoms with E-state index in [1.807, 2.05) is 6.07 Å². The lowest BCUT2D eigenvalue weighted by atomic mass is 10.0. The number of unbranched alkanes of at least 4 members (excludes halogenated alkanes) is 2. The van der Waals surface area contributed by atoms with E-state index in [0.717, 1.165) is 5.56 Å². The van der Waals surface area contributed by atoms with Crippen LogP contribution in [0.4, 0.5) is 0 Å². The number of benzene rings is 2. The summed E-state index contributed by atoms with van der Waals surface area (Å²) in [5.41, 5.74) is 46.3. The van der Waals surface area contributed by atoms with Crippen LogP contribution in [-0.2, 0) is 75.2 Å². The number of amides is 13. The van der Waals surface area contributed by atoms with Crippen molar-refractivity contribution in [3.63, 3.8) is 0 Å². The summed E-state index contributed by atoms with van der Waals surface area (Å²) < 4.78 is 0. The zero-order valence-electron chi connectivity index (χ0n) is 56.4. The molecule has 0 aliphatic carbocycles. The fraction of sp³-hybridized carbons (Fsp3) is 0.571. The van der Waals surface area contributed by atoms with Crippen LogP contribution in [0, 0.1) is 0 Å². The molecule has 1 fully saturated rings. The Morgan fingerprint density at radius 3 is 1.44 bits per heavy atom. The number of hydrogen-bond donors (Lipinski definition) is 20. The number of nitrogens with zero attached hydrogens (tertiary/aromatic N) is 3. The van der Waals surface area contributed by atoms with E-state index in [2.05, 4.69) is 68.5 Å². The van der Waals surface area contributed by atoms with E-state index in [4.69, 9.17) is 45.9 Å². The highest BCUT2D eigenvalue weighted by Gasteiger charge is 2.40. The molecule has 1 saturated heterocycles. The second-order valence-electron chi connectivity index (χ2n) is 23.9. The van der Waals surface area contributed by atoms with Crippen molar-refractivity contribution < 1.29 is 67.4 Å². The third-order valence-corrected chi connectivity index (χ3v) is 15.6. The Kier molecular flexibility index (Phi) is 37.5. The summed E-state index contributed by atoms with van der Waals surface area (Å²) in [6, 6.07) is 4.64. The number of aliphatic hydroxyl groups excluding tert-OH is 1. The quantitative estimate of drug-likeness (QED) is 0.0166. The minimum Gasteiger partial charge on any atom is -0.391 e. The Morgan fingerprint density at radius 1 is 0.485 bits per heavy atom. The first kappa shape index (κ1) is 83.2. The Labute approximate surface area is 574 Å². The van der Waals surface area contributed by atoms with Gasteiger partial charge in [-0.2, -0.15) is 0 Å². The van der Waals surface area contributed by atoms with Gasteiger partial charge in [-0.3, -0.25) is 72.3 Å². The second kappa shape index (κ2) is 44.7. The van der Waals surface area contributed by atoms with Gasteiger partial charge in [0, 0.05) is 26.1 Å². The summed E-state index contributed by atoms with van der Waals surface area (Å²) >= 11 is 0. The van der Waals surface area contributed by atoms with Crippen molar-refractivity contribution >= 4 is 88.7 Å². The molecular weight excluding hydrogens is 1290 g/mol. The molecule has 13 amide bonds. The van der Waals surface area contributed by atoms with Crippen LogP contribution in [-0.4, -0.2) is 218 Å². The lowest BCUT2D eigenvalue weighted by Gasteiger charge is -2.30. The molecule has 0 radical (unpaired) electrons. The van der Waals surface area contributed by atoms with Crippen molar-refractivity contribution in [3.05, 3.63) is 71.8 Å². The molecule has 36 heteroatoms.